The van der Waals surface area contributed by atoms with E-state index in [4.69, 9.17) is 21.5 Å². The number of halogens is 5. The summed E-state index contributed by atoms with van der Waals surface area (Å²) in [6, 6.07) is 7.00. The molecule has 1 aromatic carbocycles. The molecule has 0 bridgehead atoms. The molecular formula is C14H11ClF4N2O3S. The number of thiazole rings is 1. The minimum Gasteiger partial charge on any atom is -0.475 e. The van der Waals surface area contributed by atoms with Crippen LogP contribution in [0.4, 0.5) is 23.2 Å². The second-order valence-electron chi connectivity index (χ2n) is 4.46. The largest absolute Gasteiger partial charge is 0.490 e. The Labute approximate surface area is 148 Å². The lowest BCUT2D eigenvalue weighted by Gasteiger charge is -2.05. The summed E-state index contributed by atoms with van der Waals surface area (Å²) < 4.78 is 44.2. The van der Waals surface area contributed by atoms with Gasteiger partial charge in [0, 0.05) is 22.3 Å². The molecule has 1 atom stereocenters. The van der Waals surface area contributed by atoms with Crippen LogP contribution < -0.4 is 5.32 Å². The molecule has 0 saturated heterocycles. The molecule has 0 spiro atoms. The van der Waals surface area contributed by atoms with Crippen molar-refractivity contribution in [2.24, 2.45) is 0 Å². The van der Waals surface area contributed by atoms with Crippen LogP contribution in [0.1, 0.15) is 5.69 Å². The van der Waals surface area contributed by atoms with Gasteiger partial charge in [-0.15, -0.1) is 11.3 Å². The zero-order chi connectivity index (χ0) is 19.2. The number of carbonyl (C=O) groups is 2. The third kappa shape index (κ3) is 7.06. The van der Waals surface area contributed by atoms with Gasteiger partial charge in [0.05, 0.1) is 0 Å². The normalized spacial score (nSPS) is 11.9. The van der Waals surface area contributed by atoms with Crippen molar-refractivity contribution >= 4 is 40.5 Å². The number of nitrogens with zero attached hydrogens (tertiary/aromatic N) is 1. The molecule has 0 radical (unpaired) electrons. The highest BCUT2D eigenvalue weighted by Crippen LogP contribution is 2.24. The van der Waals surface area contributed by atoms with Gasteiger partial charge in [-0.05, 0) is 31.2 Å². The van der Waals surface area contributed by atoms with Gasteiger partial charge >= 0.3 is 12.1 Å². The quantitative estimate of drug-likeness (QED) is 0.599. The molecule has 2 N–H and O–H groups in total. The summed E-state index contributed by atoms with van der Waals surface area (Å²) in [7, 11) is 0. The maximum Gasteiger partial charge on any atom is 0.490 e. The van der Waals surface area contributed by atoms with E-state index >= 15 is 0 Å². The smallest absolute Gasteiger partial charge is 0.475 e. The number of hydrogen-bond donors (Lipinski definition) is 2. The number of aliphatic carboxylic acids is 1. The van der Waals surface area contributed by atoms with Crippen LogP contribution in [0.3, 0.4) is 0 Å². The highest BCUT2D eigenvalue weighted by atomic mass is 35.5. The average Bonchev–Trinajstić information content (AvgIpc) is 2.94. The third-order valence-electron chi connectivity index (χ3n) is 2.46. The van der Waals surface area contributed by atoms with Crippen molar-refractivity contribution in [1.82, 2.24) is 4.98 Å². The van der Waals surface area contributed by atoms with Gasteiger partial charge in [0.15, 0.2) is 0 Å². The maximum absolute atomic E-state index is 12.5. The van der Waals surface area contributed by atoms with Crippen LogP contribution in [0.25, 0.3) is 10.6 Å². The van der Waals surface area contributed by atoms with E-state index in [9.17, 15) is 22.4 Å². The second-order valence-corrected chi connectivity index (χ2v) is 5.71. The Morgan fingerprint density at radius 2 is 1.80 bits per heavy atom. The van der Waals surface area contributed by atoms with Crippen molar-refractivity contribution in [2.45, 2.75) is 18.7 Å². The molecule has 1 unspecified atom stereocenters. The zero-order valence-corrected chi connectivity index (χ0v) is 14.0. The van der Waals surface area contributed by atoms with Gasteiger partial charge in [-0.3, -0.25) is 4.79 Å². The lowest BCUT2D eigenvalue weighted by molar-refractivity contribution is -0.192. The van der Waals surface area contributed by atoms with E-state index in [-0.39, 0.29) is 0 Å². The first kappa shape index (κ1) is 20.8. The summed E-state index contributed by atoms with van der Waals surface area (Å²) in [5.74, 6) is -3.62. The van der Waals surface area contributed by atoms with Crippen molar-refractivity contribution in [2.75, 3.05) is 5.32 Å². The number of hydrogen-bond acceptors (Lipinski definition) is 4. The van der Waals surface area contributed by atoms with E-state index in [2.05, 4.69) is 10.3 Å². The first-order valence-corrected chi connectivity index (χ1v) is 7.74. The summed E-state index contributed by atoms with van der Waals surface area (Å²) in [5.41, 5.74) is 0.384. The van der Waals surface area contributed by atoms with Gasteiger partial charge in [0.25, 0.3) is 11.5 Å². The Morgan fingerprint density at radius 1 is 1.28 bits per heavy atom. The number of carboxylic acids is 1. The summed E-state index contributed by atoms with van der Waals surface area (Å²) in [4.78, 5) is 24.3. The molecule has 5 nitrogen and oxygen atoms in total. The van der Waals surface area contributed by atoms with Crippen molar-refractivity contribution in [3.63, 3.8) is 0 Å². The SMILES string of the molecule is Cc1csc(-c2ccc(NC(=O)C(F)Cl)cc2)n1.O=C(O)C(F)(F)F. The fraction of sp³-hybridized carbons (Fsp3) is 0.214. The van der Waals surface area contributed by atoms with E-state index in [1.54, 1.807) is 23.5 Å². The number of alkyl halides is 5. The fourth-order valence-corrected chi connectivity index (χ4v) is 2.24. The van der Waals surface area contributed by atoms with Gasteiger partial charge < -0.3 is 10.4 Å². The lowest BCUT2D eigenvalue weighted by atomic mass is 10.2. The Hall–Kier alpha value is -2.20. The van der Waals surface area contributed by atoms with E-state index < -0.39 is 23.7 Å². The number of benzene rings is 1. The first-order valence-electron chi connectivity index (χ1n) is 6.42. The van der Waals surface area contributed by atoms with Gasteiger partial charge in [-0.25, -0.2) is 14.2 Å². The van der Waals surface area contributed by atoms with Crippen LogP contribution in [0.15, 0.2) is 29.6 Å². The molecule has 11 heteroatoms. The van der Waals surface area contributed by atoms with Crippen molar-refractivity contribution in [3.05, 3.63) is 35.3 Å². The topological polar surface area (TPSA) is 79.3 Å². The standard InChI is InChI=1S/C12H10ClFN2OS.C2HF3O2/c1-7-6-18-12(15-7)8-2-4-9(5-3-8)16-11(17)10(13)14;3-2(4,5)1(6)7/h2-6,10H,1H3,(H,16,17);(H,6,7). The fourth-order valence-electron chi connectivity index (χ4n) is 1.38. The molecule has 0 fully saturated rings. The van der Waals surface area contributed by atoms with E-state index in [1.165, 1.54) is 0 Å². The minimum atomic E-state index is -5.08. The molecule has 1 heterocycles. The molecular weight excluding hydrogens is 388 g/mol. The molecule has 0 aliphatic rings. The number of aryl methyl sites for hydroxylation is 1. The third-order valence-corrected chi connectivity index (χ3v) is 3.67. The Balaban J connectivity index is 0.000000381. The number of carboxylic acid groups (broad SMARTS) is 1. The second kappa shape index (κ2) is 8.77. The van der Waals surface area contributed by atoms with Crippen LogP contribution in [0.5, 0.6) is 0 Å². The zero-order valence-electron chi connectivity index (χ0n) is 12.5. The number of amides is 1. The Kier molecular flexibility index (Phi) is 7.31. The lowest BCUT2D eigenvalue weighted by Crippen LogP contribution is -2.21. The molecule has 1 amide bonds. The van der Waals surface area contributed by atoms with Crippen molar-refractivity contribution in [3.8, 4) is 10.6 Å². The Bertz CT molecular complexity index is 732. The number of rotatable bonds is 3. The summed E-state index contributed by atoms with van der Waals surface area (Å²) in [6.45, 7) is 1.93. The van der Waals surface area contributed by atoms with Crippen LogP contribution >= 0.6 is 22.9 Å². The molecule has 2 rings (SSSR count). The molecule has 136 valence electrons. The molecule has 2 aromatic rings. The Morgan fingerprint density at radius 3 is 2.16 bits per heavy atom. The summed E-state index contributed by atoms with van der Waals surface area (Å²) in [5, 5.41) is 12.4. The monoisotopic (exact) mass is 398 g/mol. The summed E-state index contributed by atoms with van der Waals surface area (Å²) >= 11 is 6.57. The maximum atomic E-state index is 12.5. The molecule has 1 aromatic heterocycles. The highest BCUT2D eigenvalue weighted by molar-refractivity contribution is 7.13. The predicted molar refractivity (Wildman–Crippen MR) is 85.4 cm³/mol. The van der Waals surface area contributed by atoms with Gasteiger partial charge in [-0.1, -0.05) is 11.6 Å². The van der Waals surface area contributed by atoms with Crippen molar-refractivity contribution in [1.29, 1.82) is 0 Å². The van der Waals surface area contributed by atoms with E-state index in [0.717, 1.165) is 16.3 Å². The van der Waals surface area contributed by atoms with Gasteiger partial charge in [-0.2, -0.15) is 13.2 Å². The van der Waals surface area contributed by atoms with Crippen LogP contribution in [-0.2, 0) is 9.59 Å². The van der Waals surface area contributed by atoms with Gasteiger partial charge in [0.1, 0.15) is 5.01 Å². The minimum absolute atomic E-state index is 0.500. The number of nitrogens with one attached hydrogen (secondary N) is 1. The van der Waals surface area contributed by atoms with E-state index in [1.807, 2.05) is 24.4 Å². The van der Waals surface area contributed by atoms with Crippen LogP contribution in [0, 0.1) is 6.92 Å². The van der Waals surface area contributed by atoms with Crippen LogP contribution in [-0.4, -0.2) is 33.8 Å². The summed E-state index contributed by atoms with van der Waals surface area (Å²) in [6.07, 6.45) is -5.08. The average molecular weight is 399 g/mol. The highest BCUT2D eigenvalue weighted by Gasteiger charge is 2.38. The molecule has 0 aliphatic heterocycles. The molecule has 0 saturated carbocycles. The van der Waals surface area contributed by atoms with Crippen molar-refractivity contribution < 1.29 is 32.3 Å². The van der Waals surface area contributed by atoms with E-state index in [0.29, 0.717) is 5.69 Å². The number of anilines is 1. The van der Waals surface area contributed by atoms with Crippen LogP contribution in [0.2, 0.25) is 0 Å². The number of aromatic nitrogens is 1. The van der Waals surface area contributed by atoms with Gasteiger partial charge in [0.2, 0.25) is 0 Å². The molecule has 0 aliphatic carbocycles. The predicted octanol–water partition coefficient (Wildman–Crippen LogP) is 4.22. The molecule has 25 heavy (non-hydrogen) atoms. The number of carbonyl (C=O) groups excluding carboxylic acids is 1. The first-order chi connectivity index (χ1) is 11.5.